The summed E-state index contributed by atoms with van der Waals surface area (Å²) in [5.74, 6) is -22.8. The summed E-state index contributed by atoms with van der Waals surface area (Å²) in [4.78, 5) is 77.8. The Balaban J connectivity index is 1.32. The quantitative estimate of drug-likeness (QED) is 0.0203. The highest BCUT2D eigenvalue weighted by Gasteiger charge is 2.84. The first-order valence-corrected chi connectivity index (χ1v) is 28.6. The van der Waals surface area contributed by atoms with Crippen LogP contribution in [-0.2, 0) is 75.9 Å². The number of fused-ring (bicyclic) bond motifs is 4. The second kappa shape index (κ2) is 32.2. The highest BCUT2D eigenvalue weighted by molar-refractivity contribution is 8.14. The van der Waals surface area contributed by atoms with Crippen LogP contribution < -0.4 is 0 Å². The van der Waals surface area contributed by atoms with Crippen LogP contribution in [-0.4, -0.2) is 209 Å². The van der Waals surface area contributed by atoms with E-state index in [1.807, 2.05) is 0 Å². The zero-order chi connectivity index (χ0) is 63.4. The topological polar surface area (TPSA) is 232 Å². The second-order valence-corrected chi connectivity index (χ2v) is 22.1. The Morgan fingerprint density at radius 3 is 0.931 bits per heavy atom. The van der Waals surface area contributed by atoms with Crippen molar-refractivity contribution in [3.63, 3.8) is 0 Å². The minimum Gasteiger partial charge on any atom is -0.460 e. The molecule has 1 fully saturated rings. The molecule has 0 bridgehead atoms. The maximum Gasteiger partial charge on any atom is 0.380 e. The average Bonchev–Trinajstić information content (AvgIpc) is 1.49. The van der Waals surface area contributed by atoms with Gasteiger partial charge in [-0.2, -0.15) is 26.3 Å². The molecule has 0 amide bonds. The Hall–Kier alpha value is -6.34. The van der Waals surface area contributed by atoms with E-state index in [4.69, 9.17) is 66.3 Å². The number of benzene rings is 2. The van der Waals surface area contributed by atoms with Gasteiger partial charge in [0.05, 0.1) is 124 Å². The number of halogens is 6. The van der Waals surface area contributed by atoms with Crippen molar-refractivity contribution >= 4 is 69.1 Å². The van der Waals surface area contributed by atoms with Gasteiger partial charge in [-0.1, -0.05) is 13.2 Å². The third kappa shape index (κ3) is 16.9. The monoisotopic (exact) mass is 1270 g/mol. The molecule has 0 radical (unpaired) electrons. The molecule has 476 valence electrons. The summed E-state index contributed by atoms with van der Waals surface area (Å²) in [6, 6.07) is 7.03. The number of allylic oxidation sites excluding steroid dienone is 4. The van der Waals surface area contributed by atoms with Crippen molar-refractivity contribution in [3.8, 4) is 0 Å². The van der Waals surface area contributed by atoms with E-state index in [-0.39, 0.29) is 109 Å². The van der Waals surface area contributed by atoms with Crippen LogP contribution in [0.15, 0.2) is 96.2 Å². The average molecular weight is 1270 g/mol. The predicted octanol–water partition coefficient (Wildman–Crippen LogP) is 8.08. The lowest BCUT2D eigenvalue weighted by atomic mass is 9.71. The summed E-state index contributed by atoms with van der Waals surface area (Å²) in [5, 5.41) is 0. The fourth-order valence-corrected chi connectivity index (χ4v) is 12.1. The van der Waals surface area contributed by atoms with Crippen molar-refractivity contribution in [2.24, 2.45) is 0 Å². The van der Waals surface area contributed by atoms with E-state index in [0.29, 0.717) is 39.6 Å². The second-order valence-electron chi connectivity index (χ2n) is 19.1. The Morgan fingerprint density at radius 1 is 0.402 bits per heavy atom. The minimum absolute atomic E-state index is 0.0268. The van der Waals surface area contributed by atoms with Gasteiger partial charge in [0.2, 0.25) is 0 Å². The fraction of sp³-hybridized carbons (Fsp3) is 0.492. The van der Waals surface area contributed by atoms with E-state index in [1.54, 1.807) is 14.2 Å². The normalized spacial score (nSPS) is 19.3. The van der Waals surface area contributed by atoms with Crippen LogP contribution >= 0.6 is 23.5 Å². The third-order valence-corrected chi connectivity index (χ3v) is 16.8. The van der Waals surface area contributed by atoms with E-state index in [9.17, 15) is 28.8 Å². The van der Waals surface area contributed by atoms with Gasteiger partial charge in [-0.15, -0.1) is 23.5 Å². The molecular formula is C59H66F6O20S2. The first kappa shape index (κ1) is 69.8. The van der Waals surface area contributed by atoms with Crippen molar-refractivity contribution in [1.82, 2.24) is 0 Å². The van der Waals surface area contributed by atoms with E-state index >= 15 is 26.3 Å². The summed E-state index contributed by atoms with van der Waals surface area (Å²) in [7, 11) is 3.09. The molecule has 20 nitrogen and oxygen atoms in total. The van der Waals surface area contributed by atoms with E-state index in [0.717, 1.165) is 60.0 Å². The number of alkyl halides is 6. The lowest BCUT2D eigenvalue weighted by Crippen LogP contribution is -2.48. The standard InChI is InChI=1S/C59H66F6O20S2/c1-7-47(66)80-25-27-84-53(70)41-31-38(32-42(34-41)54(71)85-28-26-81-48(67)8-2)46-36-44-50-49(57(60,61)59(64,65)58(50,62)63)43-35-45(86-55(43,3)56(44,4)87-46)37-29-39(51(68)82-23-21-78-19-17-76-15-13-74-11-9-72-5)33-40(30-37)52(69)83-24-22-79-20-18-77-16-14-75-12-10-73-6/h7-8,29-36H,1-2,9-28H2,3-6H3. The number of hydrogen-bond acceptors (Lipinski definition) is 22. The number of rotatable bonds is 38. The number of esters is 6. The van der Waals surface area contributed by atoms with Gasteiger partial charge in [-0.3, -0.25) is 0 Å². The maximum atomic E-state index is 16.6. The van der Waals surface area contributed by atoms with Crippen LogP contribution in [0.4, 0.5) is 26.3 Å². The molecule has 4 aliphatic rings. The van der Waals surface area contributed by atoms with E-state index in [2.05, 4.69) is 13.2 Å². The lowest BCUT2D eigenvalue weighted by Gasteiger charge is -2.47. The molecule has 2 aliphatic carbocycles. The molecule has 0 saturated heterocycles. The highest BCUT2D eigenvalue weighted by atomic mass is 32.2. The van der Waals surface area contributed by atoms with Gasteiger partial charge in [-0.05, 0) is 84.7 Å². The number of hydrogen-bond donors (Lipinski definition) is 0. The molecule has 6 rings (SSSR count). The van der Waals surface area contributed by atoms with Crippen LogP contribution in [0, 0.1) is 0 Å². The molecule has 28 heteroatoms. The summed E-state index contributed by atoms with van der Waals surface area (Å²) in [6.07, 6.45) is 3.79. The number of ether oxygens (including phenoxy) is 14. The van der Waals surface area contributed by atoms with Gasteiger partial charge in [-0.25, -0.2) is 28.8 Å². The molecule has 0 spiro atoms. The maximum absolute atomic E-state index is 16.6. The molecule has 1 saturated carbocycles. The smallest absolute Gasteiger partial charge is 0.380 e. The number of carbonyl (C=O) groups excluding carboxylic acids is 6. The summed E-state index contributed by atoms with van der Waals surface area (Å²) in [5.41, 5.74) is -5.90. The van der Waals surface area contributed by atoms with Crippen LogP contribution in [0.3, 0.4) is 0 Å². The van der Waals surface area contributed by atoms with Gasteiger partial charge in [0.15, 0.2) is 0 Å². The summed E-state index contributed by atoms with van der Waals surface area (Å²) < 4.78 is 168. The van der Waals surface area contributed by atoms with Crippen molar-refractivity contribution < 1.29 is 121 Å². The van der Waals surface area contributed by atoms with E-state index < -0.39 is 112 Å². The van der Waals surface area contributed by atoms with Crippen LogP contribution in [0.1, 0.15) is 66.4 Å². The Bertz CT molecular complexity index is 2870. The van der Waals surface area contributed by atoms with Crippen molar-refractivity contribution in [2.75, 3.05) is 146 Å². The number of thioether (sulfide) groups is 2. The van der Waals surface area contributed by atoms with Gasteiger partial charge in [0.1, 0.15) is 39.6 Å². The Labute approximate surface area is 505 Å². The van der Waals surface area contributed by atoms with E-state index in [1.165, 1.54) is 38.1 Å². The molecule has 2 aliphatic heterocycles. The van der Waals surface area contributed by atoms with Crippen molar-refractivity contribution in [2.45, 2.75) is 41.1 Å². The Kier molecular flexibility index (Phi) is 25.8. The number of carbonyl (C=O) groups is 6. The predicted molar refractivity (Wildman–Crippen MR) is 302 cm³/mol. The van der Waals surface area contributed by atoms with Gasteiger partial charge >= 0.3 is 53.6 Å². The molecule has 2 atom stereocenters. The molecule has 0 N–H and O–H groups in total. The molecule has 0 aromatic heterocycles. The van der Waals surface area contributed by atoms with Crippen molar-refractivity contribution in [1.29, 1.82) is 0 Å². The lowest BCUT2D eigenvalue weighted by molar-refractivity contribution is -0.258. The molecule has 2 unspecified atom stereocenters. The van der Waals surface area contributed by atoms with Gasteiger partial charge in [0.25, 0.3) is 0 Å². The van der Waals surface area contributed by atoms with Crippen LogP contribution in [0.2, 0.25) is 0 Å². The Morgan fingerprint density at radius 2 is 0.655 bits per heavy atom. The van der Waals surface area contributed by atoms with Crippen LogP contribution in [0.5, 0.6) is 0 Å². The third-order valence-electron chi connectivity index (χ3n) is 13.4. The number of methoxy groups -OCH3 is 2. The molecule has 2 aromatic rings. The largest absolute Gasteiger partial charge is 0.460 e. The van der Waals surface area contributed by atoms with Gasteiger partial charge < -0.3 is 66.3 Å². The fourth-order valence-electron chi connectivity index (χ4n) is 8.96. The molecule has 2 heterocycles. The summed E-state index contributed by atoms with van der Waals surface area (Å²) >= 11 is 1.57. The minimum atomic E-state index is -5.98. The van der Waals surface area contributed by atoms with Crippen molar-refractivity contribution in [3.05, 3.63) is 130 Å². The molecule has 2 aromatic carbocycles. The van der Waals surface area contributed by atoms with Gasteiger partial charge in [0, 0.05) is 47.3 Å². The first-order valence-electron chi connectivity index (χ1n) is 27.0. The SMILES string of the molecule is C=CC(=O)OCCOC(=O)c1cc(C(=O)OCCOC(=O)C=C)cc(C2=CC3=C4C(=C5C=C(c6cc(C(=O)OCCOCCOCCOCCOC)cc(C(=O)OCCOCCOCCOCCOC)c6)SC5(C)C3(C)S2)C(F)(F)C(F)(F)C4(F)F)c1. The zero-order valence-electron chi connectivity index (χ0n) is 48.1. The molecule has 87 heavy (non-hydrogen) atoms. The highest BCUT2D eigenvalue weighted by Crippen LogP contribution is 2.75. The molecular weight excluding hydrogens is 1210 g/mol. The zero-order valence-corrected chi connectivity index (χ0v) is 49.7. The van der Waals surface area contributed by atoms with Crippen LogP contribution in [0.25, 0.3) is 9.81 Å². The summed E-state index contributed by atoms with van der Waals surface area (Å²) in [6.45, 7) is 10.3. The first-order chi connectivity index (χ1) is 41.5.